The standard InChI is InChI=1S/C27H24O9/c1-12-5-3-8-19(35-12)36-18-10-13(16(29)11-28)9-15-21(18)27(33)23-22(25(15)31)24(30)14-6-4-7-17(34-2)20(14)26(23)32/h4,6-7,10,13,19,28,31,33H,1,3,5,8-9,11H2,2H3/t13-,19?/m1/s1. The normalized spacial score (nSPS) is 20.5. The minimum Gasteiger partial charge on any atom is -0.507 e. The van der Waals surface area contributed by atoms with Crippen LogP contribution in [0.25, 0.3) is 5.76 Å². The van der Waals surface area contributed by atoms with E-state index < -0.39 is 47.7 Å². The van der Waals surface area contributed by atoms with E-state index in [0.29, 0.717) is 18.6 Å². The van der Waals surface area contributed by atoms with Crippen LogP contribution in [0.4, 0.5) is 0 Å². The van der Waals surface area contributed by atoms with Gasteiger partial charge in [-0.1, -0.05) is 18.7 Å². The third-order valence-corrected chi connectivity index (χ3v) is 6.76. The van der Waals surface area contributed by atoms with Gasteiger partial charge in [0.05, 0.1) is 35.1 Å². The maximum absolute atomic E-state index is 13.6. The molecule has 1 heterocycles. The van der Waals surface area contributed by atoms with E-state index >= 15 is 0 Å². The number of rotatable bonds is 5. The maximum atomic E-state index is 13.6. The molecule has 1 aliphatic heterocycles. The molecule has 3 aliphatic rings. The summed E-state index contributed by atoms with van der Waals surface area (Å²) >= 11 is 0. The molecule has 9 nitrogen and oxygen atoms in total. The number of aliphatic hydroxyl groups excluding tert-OH is 1. The van der Waals surface area contributed by atoms with Gasteiger partial charge in [-0.3, -0.25) is 14.4 Å². The molecule has 5 rings (SSSR count). The van der Waals surface area contributed by atoms with Crippen LogP contribution in [-0.4, -0.2) is 52.7 Å². The summed E-state index contributed by atoms with van der Waals surface area (Å²) in [5.41, 5.74) is -0.652. The van der Waals surface area contributed by atoms with Crippen LogP contribution in [0, 0.1) is 5.92 Å². The number of hydrogen-bond acceptors (Lipinski definition) is 9. The molecule has 0 aromatic heterocycles. The van der Waals surface area contributed by atoms with E-state index in [1.54, 1.807) is 6.07 Å². The number of methoxy groups -OCH3 is 1. The molecule has 2 atom stereocenters. The zero-order valence-electron chi connectivity index (χ0n) is 19.5. The van der Waals surface area contributed by atoms with Gasteiger partial charge in [-0.2, -0.15) is 0 Å². The molecular weight excluding hydrogens is 468 g/mol. The van der Waals surface area contributed by atoms with Crippen LogP contribution in [0.1, 0.15) is 62.2 Å². The first-order valence-corrected chi connectivity index (χ1v) is 11.5. The van der Waals surface area contributed by atoms with Crippen LogP contribution in [0.2, 0.25) is 0 Å². The first-order valence-electron chi connectivity index (χ1n) is 11.5. The number of ether oxygens (including phenoxy) is 3. The van der Waals surface area contributed by atoms with Crippen molar-refractivity contribution in [2.75, 3.05) is 13.7 Å². The Morgan fingerprint density at radius 1 is 1.11 bits per heavy atom. The molecule has 186 valence electrons. The van der Waals surface area contributed by atoms with Gasteiger partial charge in [-0.05, 0) is 25.0 Å². The Hall–Kier alpha value is -4.11. The van der Waals surface area contributed by atoms with Crippen molar-refractivity contribution < 1.29 is 43.9 Å². The fourth-order valence-corrected chi connectivity index (χ4v) is 5.03. The monoisotopic (exact) mass is 492 g/mol. The number of hydrogen-bond donors (Lipinski definition) is 3. The molecule has 0 bridgehead atoms. The Morgan fingerprint density at radius 2 is 1.86 bits per heavy atom. The van der Waals surface area contributed by atoms with Crippen LogP contribution in [-0.2, 0) is 20.7 Å². The highest BCUT2D eigenvalue weighted by atomic mass is 16.7. The Kier molecular flexibility index (Phi) is 5.80. The number of fused-ring (bicyclic) bond motifs is 3. The smallest absolute Gasteiger partial charge is 0.240 e. The van der Waals surface area contributed by atoms with Crippen LogP contribution in [0.5, 0.6) is 17.2 Å². The molecule has 9 heteroatoms. The molecule has 0 radical (unpaired) electrons. The fourth-order valence-electron chi connectivity index (χ4n) is 5.03. The lowest BCUT2D eigenvalue weighted by atomic mass is 9.76. The molecule has 0 amide bonds. The average Bonchev–Trinajstić information content (AvgIpc) is 2.87. The van der Waals surface area contributed by atoms with Crippen molar-refractivity contribution in [3.63, 3.8) is 0 Å². The van der Waals surface area contributed by atoms with Crippen molar-refractivity contribution in [1.82, 2.24) is 0 Å². The Bertz CT molecular complexity index is 1370. The summed E-state index contributed by atoms with van der Waals surface area (Å²) in [6.07, 6.45) is 2.45. The number of carbonyl (C=O) groups excluding carboxylic acids is 3. The van der Waals surface area contributed by atoms with Crippen molar-refractivity contribution in [3.8, 4) is 17.2 Å². The summed E-state index contributed by atoms with van der Waals surface area (Å²) in [6.45, 7) is 3.06. The summed E-state index contributed by atoms with van der Waals surface area (Å²) in [5, 5.41) is 32.1. The summed E-state index contributed by atoms with van der Waals surface area (Å²) in [6, 6.07) is 4.51. The molecule has 0 saturated carbocycles. The molecule has 1 unspecified atom stereocenters. The van der Waals surface area contributed by atoms with Crippen LogP contribution < -0.4 is 4.74 Å². The van der Waals surface area contributed by atoms with Crippen LogP contribution in [0.3, 0.4) is 0 Å². The number of aromatic hydroxyl groups is 2. The lowest BCUT2D eigenvalue weighted by molar-refractivity contribution is -0.124. The molecule has 36 heavy (non-hydrogen) atoms. The van der Waals surface area contributed by atoms with E-state index in [1.807, 2.05) is 0 Å². The number of ketones is 3. The summed E-state index contributed by atoms with van der Waals surface area (Å²) in [4.78, 5) is 39.4. The average molecular weight is 492 g/mol. The second-order valence-corrected chi connectivity index (χ2v) is 8.90. The highest BCUT2D eigenvalue weighted by molar-refractivity contribution is 6.31. The maximum Gasteiger partial charge on any atom is 0.240 e. The van der Waals surface area contributed by atoms with Gasteiger partial charge in [-0.25, -0.2) is 0 Å². The molecule has 1 fully saturated rings. The molecule has 3 N–H and O–H groups in total. The van der Waals surface area contributed by atoms with Gasteiger partial charge < -0.3 is 29.5 Å². The van der Waals surface area contributed by atoms with Crippen LogP contribution in [0.15, 0.2) is 36.6 Å². The van der Waals surface area contributed by atoms with E-state index in [-0.39, 0.29) is 51.3 Å². The Morgan fingerprint density at radius 3 is 2.56 bits per heavy atom. The van der Waals surface area contributed by atoms with Crippen molar-refractivity contribution in [3.05, 3.63) is 70.0 Å². The van der Waals surface area contributed by atoms with E-state index in [9.17, 15) is 29.7 Å². The van der Waals surface area contributed by atoms with Crippen molar-refractivity contribution in [2.45, 2.75) is 32.0 Å². The van der Waals surface area contributed by atoms with Gasteiger partial charge >= 0.3 is 0 Å². The van der Waals surface area contributed by atoms with Gasteiger partial charge in [0.1, 0.15) is 29.6 Å². The van der Waals surface area contributed by atoms with Crippen molar-refractivity contribution >= 4 is 23.1 Å². The predicted molar refractivity (Wildman–Crippen MR) is 126 cm³/mol. The number of aliphatic hydroxyl groups is 1. The van der Waals surface area contributed by atoms with Gasteiger partial charge in [0.15, 0.2) is 11.6 Å². The molecular formula is C27H24O9. The zero-order chi connectivity index (χ0) is 25.7. The third kappa shape index (κ3) is 3.54. The van der Waals surface area contributed by atoms with Gasteiger partial charge in [-0.15, -0.1) is 0 Å². The van der Waals surface area contributed by atoms with Crippen LogP contribution >= 0.6 is 0 Å². The zero-order valence-corrected chi connectivity index (χ0v) is 19.5. The van der Waals surface area contributed by atoms with E-state index in [2.05, 4.69) is 6.58 Å². The van der Waals surface area contributed by atoms with E-state index in [0.717, 1.165) is 6.42 Å². The lowest BCUT2D eigenvalue weighted by Crippen LogP contribution is -2.28. The van der Waals surface area contributed by atoms with Gasteiger partial charge in [0.2, 0.25) is 12.1 Å². The summed E-state index contributed by atoms with van der Waals surface area (Å²) in [5.74, 6) is -3.18. The number of allylic oxidation sites excluding steroid dienone is 2. The van der Waals surface area contributed by atoms with E-state index in [1.165, 1.54) is 25.3 Å². The molecule has 2 aromatic carbocycles. The summed E-state index contributed by atoms with van der Waals surface area (Å²) < 4.78 is 16.9. The molecule has 2 aliphatic carbocycles. The van der Waals surface area contributed by atoms with E-state index in [4.69, 9.17) is 14.2 Å². The Labute approximate surface area is 206 Å². The van der Waals surface area contributed by atoms with Gasteiger partial charge in [0.25, 0.3) is 0 Å². The topological polar surface area (TPSA) is 140 Å². The van der Waals surface area contributed by atoms with Crippen molar-refractivity contribution in [2.24, 2.45) is 5.92 Å². The first kappa shape index (κ1) is 23.6. The highest BCUT2D eigenvalue weighted by Crippen LogP contribution is 2.49. The van der Waals surface area contributed by atoms with Crippen molar-refractivity contribution in [1.29, 1.82) is 0 Å². The number of phenolic OH excluding ortho intramolecular Hbond substituents is 2. The number of carbonyl (C=O) groups is 3. The SMILES string of the molecule is C=C1CCCC(OC2=C[C@H](C(=O)CO)Cc3c(O)c4c(c(O)c32)C(=O)c2c(OC)cccc2C4=O)O1. The highest BCUT2D eigenvalue weighted by Gasteiger charge is 2.42. The number of benzene rings is 2. The number of Topliss-reactive ketones (excluding diaryl/α,β-unsaturated/α-hetero) is 1. The second-order valence-electron chi connectivity index (χ2n) is 8.90. The Balaban J connectivity index is 1.71. The molecule has 2 aromatic rings. The minimum absolute atomic E-state index is 0.00409. The predicted octanol–water partition coefficient (Wildman–Crippen LogP) is 3.01. The third-order valence-electron chi connectivity index (χ3n) is 6.76. The second kappa shape index (κ2) is 8.83. The molecule has 0 spiro atoms. The first-order chi connectivity index (χ1) is 17.3. The minimum atomic E-state index is -0.894. The lowest BCUT2D eigenvalue weighted by Gasteiger charge is -2.32. The van der Waals surface area contributed by atoms with Gasteiger partial charge in [0, 0.05) is 29.9 Å². The number of phenols is 2. The summed E-state index contributed by atoms with van der Waals surface area (Å²) in [7, 11) is 1.36. The molecule has 1 saturated heterocycles. The largest absolute Gasteiger partial charge is 0.507 e. The quantitative estimate of drug-likeness (QED) is 0.459. The fraction of sp³-hybridized carbons (Fsp3) is 0.296.